The molecule has 3 rings (SSSR count). The molecule has 0 N–H and O–H groups in total. The first-order valence-corrected chi connectivity index (χ1v) is 6.46. The van der Waals surface area contributed by atoms with E-state index >= 15 is 0 Å². The van der Waals surface area contributed by atoms with Crippen LogP contribution in [-0.4, -0.2) is 5.16 Å². The molecule has 0 fully saturated rings. The highest BCUT2D eigenvalue weighted by atomic mass is 19.1. The third-order valence-electron chi connectivity index (χ3n) is 3.16. The van der Waals surface area contributed by atoms with Crippen molar-refractivity contribution in [1.29, 1.82) is 5.26 Å². The summed E-state index contributed by atoms with van der Waals surface area (Å²) in [6.07, 6.45) is 0.663. The van der Waals surface area contributed by atoms with Gasteiger partial charge in [-0.1, -0.05) is 35.5 Å². The number of nitrogens with zero attached hydrogens (tertiary/aromatic N) is 2. The van der Waals surface area contributed by atoms with Gasteiger partial charge in [-0.15, -0.1) is 0 Å². The Labute approximate surface area is 121 Å². The van der Waals surface area contributed by atoms with Gasteiger partial charge in [-0.05, 0) is 23.8 Å². The van der Waals surface area contributed by atoms with Crippen LogP contribution in [0.4, 0.5) is 4.39 Å². The van der Waals surface area contributed by atoms with Gasteiger partial charge in [0.15, 0.2) is 5.76 Å². The first kappa shape index (κ1) is 13.1. The Kier molecular flexibility index (Phi) is 3.48. The molecule has 0 radical (unpaired) electrons. The minimum absolute atomic E-state index is 0.00601. The van der Waals surface area contributed by atoms with Crippen LogP contribution in [0.5, 0.6) is 0 Å². The summed E-state index contributed by atoms with van der Waals surface area (Å²) in [4.78, 5) is 0. The van der Waals surface area contributed by atoms with E-state index in [2.05, 4.69) is 5.16 Å². The average Bonchev–Trinajstić information content (AvgIpc) is 2.97. The van der Waals surface area contributed by atoms with Crippen molar-refractivity contribution in [2.45, 2.75) is 6.42 Å². The molecule has 0 aliphatic rings. The van der Waals surface area contributed by atoms with Gasteiger partial charge in [0.05, 0.1) is 11.3 Å². The highest BCUT2D eigenvalue weighted by molar-refractivity contribution is 5.60. The van der Waals surface area contributed by atoms with Crippen molar-refractivity contribution in [2.75, 3.05) is 0 Å². The summed E-state index contributed by atoms with van der Waals surface area (Å²) < 4.78 is 18.6. The molecular weight excluding hydrogens is 267 g/mol. The van der Waals surface area contributed by atoms with Gasteiger partial charge in [0.2, 0.25) is 0 Å². The zero-order valence-corrected chi connectivity index (χ0v) is 11.1. The van der Waals surface area contributed by atoms with Crippen molar-refractivity contribution in [1.82, 2.24) is 5.16 Å². The fourth-order valence-corrected chi connectivity index (χ4v) is 2.10. The van der Waals surface area contributed by atoms with Crippen LogP contribution in [0.1, 0.15) is 16.8 Å². The molecule has 3 aromatic rings. The van der Waals surface area contributed by atoms with Crippen molar-refractivity contribution >= 4 is 0 Å². The van der Waals surface area contributed by atoms with Crippen LogP contribution >= 0.6 is 0 Å². The summed E-state index contributed by atoms with van der Waals surface area (Å²) in [6, 6.07) is 17.8. The van der Waals surface area contributed by atoms with E-state index in [0.717, 1.165) is 11.3 Å². The number of hydrogen-bond donors (Lipinski definition) is 0. The zero-order valence-electron chi connectivity index (χ0n) is 11.1. The quantitative estimate of drug-likeness (QED) is 0.729. The highest BCUT2D eigenvalue weighted by Gasteiger charge is 2.10. The van der Waals surface area contributed by atoms with Crippen molar-refractivity contribution in [3.05, 3.63) is 77.2 Å². The SMILES string of the molecule is N#Cc1cc(-c2cc(Cc3ccccc3)no2)ccc1F. The summed E-state index contributed by atoms with van der Waals surface area (Å²) in [5.41, 5.74) is 2.56. The normalized spacial score (nSPS) is 10.3. The van der Waals surface area contributed by atoms with E-state index in [9.17, 15) is 4.39 Å². The van der Waals surface area contributed by atoms with Crippen LogP contribution in [0, 0.1) is 17.1 Å². The lowest BCUT2D eigenvalue weighted by Gasteiger charge is -1.97. The molecule has 3 nitrogen and oxygen atoms in total. The number of halogens is 1. The number of rotatable bonds is 3. The van der Waals surface area contributed by atoms with Crippen molar-refractivity contribution in [2.24, 2.45) is 0 Å². The Bertz CT molecular complexity index is 803. The van der Waals surface area contributed by atoms with Crippen molar-refractivity contribution in [3.63, 3.8) is 0 Å². The molecule has 21 heavy (non-hydrogen) atoms. The molecule has 0 aliphatic carbocycles. The number of benzene rings is 2. The fourth-order valence-electron chi connectivity index (χ4n) is 2.10. The molecule has 1 heterocycles. The molecule has 0 unspecified atom stereocenters. The third-order valence-corrected chi connectivity index (χ3v) is 3.16. The van der Waals surface area contributed by atoms with E-state index in [-0.39, 0.29) is 5.56 Å². The monoisotopic (exact) mass is 278 g/mol. The lowest BCUT2D eigenvalue weighted by atomic mass is 10.1. The minimum Gasteiger partial charge on any atom is -0.356 e. The molecule has 0 saturated carbocycles. The molecule has 4 heteroatoms. The molecule has 0 aliphatic heterocycles. The predicted molar refractivity (Wildman–Crippen MR) is 75.9 cm³/mol. The second-order valence-corrected chi connectivity index (χ2v) is 4.65. The summed E-state index contributed by atoms with van der Waals surface area (Å²) >= 11 is 0. The molecule has 102 valence electrons. The Morgan fingerprint density at radius 3 is 2.67 bits per heavy atom. The lowest BCUT2D eigenvalue weighted by molar-refractivity contribution is 0.425. The van der Waals surface area contributed by atoms with Gasteiger partial charge in [0, 0.05) is 18.1 Å². The van der Waals surface area contributed by atoms with Gasteiger partial charge >= 0.3 is 0 Å². The van der Waals surface area contributed by atoms with Crippen LogP contribution in [-0.2, 0) is 6.42 Å². The van der Waals surface area contributed by atoms with E-state index < -0.39 is 5.82 Å². The van der Waals surface area contributed by atoms with Crippen LogP contribution in [0.3, 0.4) is 0 Å². The van der Waals surface area contributed by atoms with E-state index in [4.69, 9.17) is 9.78 Å². The maximum absolute atomic E-state index is 13.3. The van der Waals surface area contributed by atoms with Gasteiger partial charge in [0.1, 0.15) is 11.9 Å². The van der Waals surface area contributed by atoms with Crippen LogP contribution in [0.2, 0.25) is 0 Å². The summed E-state index contributed by atoms with van der Waals surface area (Å²) in [5.74, 6) is -0.0114. The lowest BCUT2D eigenvalue weighted by Crippen LogP contribution is -1.86. The Balaban J connectivity index is 1.87. The van der Waals surface area contributed by atoms with E-state index in [1.165, 1.54) is 12.1 Å². The molecular formula is C17H11FN2O. The van der Waals surface area contributed by atoms with Gasteiger partial charge in [-0.2, -0.15) is 5.26 Å². The standard InChI is InChI=1S/C17H11FN2O/c18-16-7-6-13(9-14(16)11-19)17-10-15(20-21-17)8-12-4-2-1-3-5-12/h1-7,9-10H,8H2. The number of nitriles is 1. The van der Waals surface area contributed by atoms with Gasteiger partial charge in [-0.3, -0.25) is 0 Å². The summed E-state index contributed by atoms with van der Waals surface area (Å²) in [5, 5.41) is 12.9. The number of hydrogen-bond acceptors (Lipinski definition) is 3. The molecule has 2 aromatic carbocycles. The van der Waals surface area contributed by atoms with E-state index in [1.54, 1.807) is 12.1 Å². The smallest absolute Gasteiger partial charge is 0.167 e. The highest BCUT2D eigenvalue weighted by Crippen LogP contribution is 2.23. The zero-order chi connectivity index (χ0) is 14.7. The third kappa shape index (κ3) is 2.82. The van der Waals surface area contributed by atoms with E-state index in [1.807, 2.05) is 36.4 Å². The fraction of sp³-hybridized carbons (Fsp3) is 0.0588. The molecule has 0 amide bonds. The van der Waals surface area contributed by atoms with Gasteiger partial charge in [-0.25, -0.2) is 4.39 Å². The van der Waals surface area contributed by atoms with Crippen LogP contribution in [0.15, 0.2) is 59.1 Å². The van der Waals surface area contributed by atoms with Crippen LogP contribution in [0.25, 0.3) is 11.3 Å². The topological polar surface area (TPSA) is 49.8 Å². The largest absolute Gasteiger partial charge is 0.356 e. The molecule has 1 aromatic heterocycles. The minimum atomic E-state index is -0.537. The summed E-state index contributed by atoms with van der Waals surface area (Å²) in [6.45, 7) is 0. The van der Waals surface area contributed by atoms with E-state index in [0.29, 0.717) is 17.7 Å². The molecule has 0 bridgehead atoms. The Morgan fingerprint density at radius 1 is 1.10 bits per heavy atom. The average molecular weight is 278 g/mol. The second kappa shape index (κ2) is 5.59. The molecule has 0 spiro atoms. The molecule has 0 atom stereocenters. The van der Waals surface area contributed by atoms with Crippen molar-refractivity contribution in [3.8, 4) is 17.4 Å². The van der Waals surface area contributed by atoms with Crippen molar-refractivity contribution < 1.29 is 8.91 Å². The van der Waals surface area contributed by atoms with Crippen LogP contribution < -0.4 is 0 Å². The maximum Gasteiger partial charge on any atom is 0.167 e. The Morgan fingerprint density at radius 2 is 1.90 bits per heavy atom. The Hall–Kier alpha value is -2.93. The number of aromatic nitrogens is 1. The maximum atomic E-state index is 13.3. The predicted octanol–water partition coefficient (Wildman–Crippen LogP) is 3.94. The molecule has 0 saturated heterocycles. The van der Waals surface area contributed by atoms with Gasteiger partial charge < -0.3 is 4.52 Å². The first-order chi connectivity index (χ1) is 10.3. The first-order valence-electron chi connectivity index (χ1n) is 6.46. The summed E-state index contributed by atoms with van der Waals surface area (Å²) in [7, 11) is 0. The second-order valence-electron chi connectivity index (χ2n) is 4.65. The van der Waals surface area contributed by atoms with Gasteiger partial charge in [0.25, 0.3) is 0 Å².